The Morgan fingerprint density at radius 2 is 2.25 bits per heavy atom. The van der Waals surface area contributed by atoms with Gasteiger partial charge in [0.05, 0.1) is 6.10 Å². The molecule has 1 aliphatic carbocycles. The Kier molecular flexibility index (Phi) is 4.62. The molecule has 12 heavy (non-hydrogen) atoms. The molecule has 0 aromatic heterocycles. The van der Waals surface area contributed by atoms with Crippen LogP contribution in [-0.4, -0.2) is 24.4 Å². The maximum atomic E-state index is 9.25. The molecule has 0 heterocycles. The summed E-state index contributed by atoms with van der Waals surface area (Å²) in [5.41, 5.74) is 0. The van der Waals surface area contributed by atoms with E-state index in [0.717, 1.165) is 38.9 Å². The second-order valence-electron chi connectivity index (χ2n) is 3.76. The van der Waals surface area contributed by atoms with Gasteiger partial charge in [0.25, 0.3) is 0 Å². The number of hydrogen-bond donors (Lipinski definition) is 1. The van der Waals surface area contributed by atoms with Crippen LogP contribution in [0, 0.1) is 5.92 Å². The summed E-state index contributed by atoms with van der Waals surface area (Å²) < 4.78 is 5.50. The molecule has 0 bridgehead atoms. The maximum Gasteiger partial charge on any atom is 0.0543 e. The van der Waals surface area contributed by atoms with E-state index in [9.17, 15) is 5.11 Å². The molecule has 0 radical (unpaired) electrons. The Labute approximate surface area is 74.9 Å². The van der Waals surface area contributed by atoms with Crippen molar-refractivity contribution in [1.29, 1.82) is 0 Å². The predicted molar refractivity (Wildman–Crippen MR) is 49.1 cm³/mol. The van der Waals surface area contributed by atoms with Gasteiger partial charge in [-0.05, 0) is 31.6 Å². The smallest absolute Gasteiger partial charge is 0.0543 e. The highest BCUT2D eigenvalue weighted by Crippen LogP contribution is 2.25. The highest BCUT2D eigenvalue weighted by Gasteiger charge is 2.22. The molecule has 2 nitrogen and oxygen atoms in total. The first-order valence-electron chi connectivity index (χ1n) is 5.08. The minimum atomic E-state index is -0.0511. The molecular weight excluding hydrogens is 152 g/mol. The third-order valence-corrected chi connectivity index (χ3v) is 2.51. The van der Waals surface area contributed by atoms with Gasteiger partial charge in [0.15, 0.2) is 0 Å². The van der Waals surface area contributed by atoms with Crippen molar-refractivity contribution in [2.45, 2.75) is 45.1 Å². The summed E-state index contributed by atoms with van der Waals surface area (Å²) in [4.78, 5) is 0. The van der Waals surface area contributed by atoms with Gasteiger partial charge in [-0.25, -0.2) is 0 Å². The first kappa shape index (κ1) is 10.0. The van der Waals surface area contributed by atoms with Crippen LogP contribution in [0.4, 0.5) is 0 Å². The molecule has 1 rings (SSSR count). The van der Waals surface area contributed by atoms with Gasteiger partial charge >= 0.3 is 0 Å². The summed E-state index contributed by atoms with van der Waals surface area (Å²) >= 11 is 0. The fraction of sp³-hybridized carbons (Fsp3) is 1.00. The molecule has 0 spiro atoms. The largest absolute Gasteiger partial charge is 0.393 e. The Morgan fingerprint density at radius 3 is 2.83 bits per heavy atom. The summed E-state index contributed by atoms with van der Waals surface area (Å²) in [7, 11) is 0. The van der Waals surface area contributed by atoms with Crippen molar-refractivity contribution < 1.29 is 9.84 Å². The topological polar surface area (TPSA) is 29.5 Å². The lowest BCUT2D eigenvalue weighted by Gasteiger charge is -2.09. The highest BCUT2D eigenvalue weighted by molar-refractivity contribution is 4.73. The van der Waals surface area contributed by atoms with E-state index in [4.69, 9.17) is 4.74 Å². The van der Waals surface area contributed by atoms with Gasteiger partial charge < -0.3 is 9.84 Å². The van der Waals surface area contributed by atoms with Crippen molar-refractivity contribution in [2.75, 3.05) is 13.2 Å². The molecule has 72 valence electrons. The normalized spacial score (nSPS) is 29.5. The van der Waals surface area contributed by atoms with Crippen molar-refractivity contribution in [2.24, 2.45) is 5.92 Å². The molecule has 0 amide bonds. The molecule has 1 fully saturated rings. The minimum Gasteiger partial charge on any atom is -0.393 e. The fourth-order valence-electron chi connectivity index (χ4n) is 1.70. The Balaban J connectivity index is 1.93. The molecule has 0 saturated heterocycles. The lowest BCUT2D eigenvalue weighted by atomic mass is 10.1. The van der Waals surface area contributed by atoms with Crippen LogP contribution < -0.4 is 0 Å². The van der Waals surface area contributed by atoms with E-state index in [1.165, 1.54) is 6.42 Å². The van der Waals surface area contributed by atoms with E-state index < -0.39 is 0 Å². The molecule has 0 aliphatic heterocycles. The number of unbranched alkanes of at least 4 members (excludes halogenated alkanes) is 1. The molecule has 1 saturated carbocycles. The summed E-state index contributed by atoms with van der Waals surface area (Å²) in [5, 5.41) is 9.25. The van der Waals surface area contributed by atoms with Crippen LogP contribution in [0.3, 0.4) is 0 Å². The molecule has 2 atom stereocenters. The Hall–Kier alpha value is -0.0800. The lowest BCUT2D eigenvalue weighted by molar-refractivity contribution is 0.0914. The third kappa shape index (κ3) is 3.55. The monoisotopic (exact) mass is 172 g/mol. The number of aliphatic hydroxyl groups is 1. The molecular formula is C10H20O2. The van der Waals surface area contributed by atoms with Gasteiger partial charge in [0.2, 0.25) is 0 Å². The van der Waals surface area contributed by atoms with Crippen LogP contribution in [0.2, 0.25) is 0 Å². The summed E-state index contributed by atoms with van der Waals surface area (Å²) in [5.74, 6) is 0.622. The van der Waals surface area contributed by atoms with E-state index in [2.05, 4.69) is 6.92 Å². The SMILES string of the molecule is CCCCOC[C@H]1CC[C@H](O)C1. The zero-order valence-corrected chi connectivity index (χ0v) is 7.96. The average molecular weight is 172 g/mol. The fourth-order valence-corrected chi connectivity index (χ4v) is 1.70. The van der Waals surface area contributed by atoms with Gasteiger partial charge in [-0.2, -0.15) is 0 Å². The van der Waals surface area contributed by atoms with Crippen molar-refractivity contribution in [1.82, 2.24) is 0 Å². The Bertz CT molecular complexity index is 114. The molecule has 0 aromatic rings. The van der Waals surface area contributed by atoms with Crippen molar-refractivity contribution >= 4 is 0 Å². The number of rotatable bonds is 5. The Morgan fingerprint density at radius 1 is 1.42 bits per heavy atom. The zero-order valence-electron chi connectivity index (χ0n) is 7.96. The molecule has 1 aliphatic rings. The second kappa shape index (κ2) is 5.55. The van der Waals surface area contributed by atoms with Gasteiger partial charge in [-0.15, -0.1) is 0 Å². The van der Waals surface area contributed by atoms with E-state index in [1.54, 1.807) is 0 Å². The van der Waals surface area contributed by atoms with Crippen LogP contribution in [0.15, 0.2) is 0 Å². The molecule has 0 aromatic carbocycles. The summed E-state index contributed by atoms with van der Waals surface area (Å²) in [6.07, 6.45) is 5.38. The molecule has 2 heteroatoms. The third-order valence-electron chi connectivity index (χ3n) is 2.51. The van der Waals surface area contributed by atoms with Gasteiger partial charge in [0, 0.05) is 13.2 Å². The van der Waals surface area contributed by atoms with Crippen LogP contribution in [0.5, 0.6) is 0 Å². The van der Waals surface area contributed by atoms with E-state index in [1.807, 2.05) is 0 Å². The summed E-state index contributed by atoms with van der Waals surface area (Å²) in [6, 6.07) is 0. The number of ether oxygens (including phenoxy) is 1. The number of hydrogen-bond acceptors (Lipinski definition) is 2. The predicted octanol–water partition coefficient (Wildman–Crippen LogP) is 1.96. The van der Waals surface area contributed by atoms with Crippen LogP contribution >= 0.6 is 0 Å². The first-order valence-corrected chi connectivity index (χ1v) is 5.08. The number of aliphatic hydroxyl groups excluding tert-OH is 1. The summed E-state index contributed by atoms with van der Waals surface area (Å²) in [6.45, 7) is 3.92. The quantitative estimate of drug-likeness (QED) is 0.642. The molecule has 1 N–H and O–H groups in total. The zero-order chi connectivity index (χ0) is 8.81. The lowest BCUT2D eigenvalue weighted by Crippen LogP contribution is -2.08. The van der Waals surface area contributed by atoms with Crippen LogP contribution in [-0.2, 0) is 4.74 Å². The highest BCUT2D eigenvalue weighted by atomic mass is 16.5. The van der Waals surface area contributed by atoms with Crippen molar-refractivity contribution in [3.05, 3.63) is 0 Å². The maximum absolute atomic E-state index is 9.25. The van der Waals surface area contributed by atoms with Crippen molar-refractivity contribution in [3.8, 4) is 0 Å². The first-order chi connectivity index (χ1) is 5.83. The molecule has 0 unspecified atom stereocenters. The van der Waals surface area contributed by atoms with Gasteiger partial charge in [0.1, 0.15) is 0 Å². The standard InChI is InChI=1S/C10H20O2/c1-2-3-6-12-8-9-4-5-10(11)7-9/h9-11H,2-8H2,1H3/t9-,10-/m0/s1. The minimum absolute atomic E-state index is 0.0511. The van der Waals surface area contributed by atoms with Gasteiger partial charge in [-0.1, -0.05) is 13.3 Å². The van der Waals surface area contributed by atoms with Gasteiger partial charge in [-0.3, -0.25) is 0 Å². The van der Waals surface area contributed by atoms with Crippen LogP contribution in [0.25, 0.3) is 0 Å². The van der Waals surface area contributed by atoms with Crippen LogP contribution in [0.1, 0.15) is 39.0 Å². The van der Waals surface area contributed by atoms with Crippen molar-refractivity contribution in [3.63, 3.8) is 0 Å². The second-order valence-corrected chi connectivity index (χ2v) is 3.76. The van der Waals surface area contributed by atoms with E-state index in [0.29, 0.717) is 5.92 Å². The van der Waals surface area contributed by atoms with E-state index in [-0.39, 0.29) is 6.10 Å². The average Bonchev–Trinajstić information content (AvgIpc) is 2.45. The van der Waals surface area contributed by atoms with E-state index >= 15 is 0 Å².